The third kappa shape index (κ3) is 2.15. The summed E-state index contributed by atoms with van der Waals surface area (Å²) in [6, 6.07) is 3.59. The number of phenolic OH excluding ortho intramolecular Hbond substituents is 1. The SMILES string of the molecule is COc1c(O)cc(Br)cc1C(C)C. The quantitative estimate of drug-likeness (QED) is 0.866. The first-order valence-electron chi connectivity index (χ1n) is 4.12. The van der Waals surface area contributed by atoms with Crippen LogP contribution in [0.15, 0.2) is 16.6 Å². The van der Waals surface area contributed by atoms with Gasteiger partial charge >= 0.3 is 0 Å². The number of aromatic hydroxyl groups is 1. The molecule has 3 heteroatoms. The molecule has 0 radical (unpaired) electrons. The molecular weight excluding hydrogens is 232 g/mol. The van der Waals surface area contributed by atoms with E-state index in [9.17, 15) is 5.11 Å². The van der Waals surface area contributed by atoms with Gasteiger partial charge in [0.25, 0.3) is 0 Å². The second-order valence-corrected chi connectivity index (χ2v) is 4.12. The highest BCUT2D eigenvalue weighted by Crippen LogP contribution is 2.37. The number of hydrogen-bond acceptors (Lipinski definition) is 2. The molecule has 72 valence electrons. The van der Waals surface area contributed by atoms with Crippen molar-refractivity contribution in [3.63, 3.8) is 0 Å². The van der Waals surface area contributed by atoms with Gasteiger partial charge in [-0.25, -0.2) is 0 Å². The number of hydrogen-bond donors (Lipinski definition) is 1. The number of rotatable bonds is 2. The Kier molecular flexibility index (Phi) is 3.20. The number of phenols is 1. The zero-order chi connectivity index (χ0) is 10.0. The minimum absolute atomic E-state index is 0.181. The van der Waals surface area contributed by atoms with Gasteiger partial charge in [0.05, 0.1) is 7.11 Å². The molecule has 0 fully saturated rings. The second-order valence-electron chi connectivity index (χ2n) is 3.20. The van der Waals surface area contributed by atoms with Gasteiger partial charge in [-0.1, -0.05) is 29.8 Å². The van der Waals surface area contributed by atoms with Crippen molar-refractivity contribution in [2.24, 2.45) is 0 Å². The van der Waals surface area contributed by atoms with Crippen molar-refractivity contribution in [1.82, 2.24) is 0 Å². The molecule has 0 aliphatic carbocycles. The molecule has 1 N–H and O–H groups in total. The Labute approximate surface area is 86.7 Å². The van der Waals surface area contributed by atoms with Crippen molar-refractivity contribution in [2.75, 3.05) is 7.11 Å². The summed E-state index contributed by atoms with van der Waals surface area (Å²) in [4.78, 5) is 0. The lowest BCUT2D eigenvalue weighted by atomic mass is 10.0. The molecule has 0 unspecified atom stereocenters. The summed E-state index contributed by atoms with van der Waals surface area (Å²) in [5.74, 6) is 1.08. The first kappa shape index (κ1) is 10.4. The van der Waals surface area contributed by atoms with Crippen LogP contribution in [0.2, 0.25) is 0 Å². The highest BCUT2D eigenvalue weighted by atomic mass is 79.9. The van der Waals surface area contributed by atoms with Crippen LogP contribution in [0.3, 0.4) is 0 Å². The first-order chi connectivity index (χ1) is 6.06. The normalized spacial score (nSPS) is 10.5. The molecule has 0 heterocycles. The molecule has 13 heavy (non-hydrogen) atoms. The minimum Gasteiger partial charge on any atom is -0.504 e. The van der Waals surface area contributed by atoms with E-state index in [0.717, 1.165) is 10.0 Å². The van der Waals surface area contributed by atoms with E-state index in [1.54, 1.807) is 13.2 Å². The summed E-state index contributed by atoms with van der Waals surface area (Å²) in [6.45, 7) is 4.12. The van der Waals surface area contributed by atoms with Gasteiger partial charge in [0.15, 0.2) is 11.5 Å². The number of benzene rings is 1. The van der Waals surface area contributed by atoms with E-state index in [1.165, 1.54) is 0 Å². The molecule has 1 aromatic carbocycles. The molecule has 0 bridgehead atoms. The van der Waals surface area contributed by atoms with Gasteiger partial charge in [0.1, 0.15) is 0 Å². The Morgan fingerprint density at radius 2 is 2.00 bits per heavy atom. The molecule has 0 saturated heterocycles. The van der Waals surface area contributed by atoms with Crippen LogP contribution >= 0.6 is 15.9 Å². The zero-order valence-electron chi connectivity index (χ0n) is 7.97. The van der Waals surface area contributed by atoms with Crippen LogP contribution in [0.25, 0.3) is 0 Å². The zero-order valence-corrected chi connectivity index (χ0v) is 9.55. The fraction of sp³-hybridized carbons (Fsp3) is 0.400. The summed E-state index contributed by atoms with van der Waals surface area (Å²) in [5.41, 5.74) is 1.01. The van der Waals surface area contributed by atoms with E-state index in [4.69, 9.17) is 4.74 Å². The monoisotopic (exact) mass is 244 g/mol. The van der Waals surface area contributed by atoms with Crippen LogP contribution in [-0.4, -0.2) is 12.2 Å². The molecule has 1 aromatic rings. The summed E-state index contributed by atoms with van der Waals surface area (Å²) < 4.78 is 5.99. The van der Waals surface area contributed by atoms with Crippen LogP contribution < -0.4 is 4.74 Å². The van der Waals surface area contributed by atoms with E-state index in [0.29, 0.717) is 11.7 Å². The smallest absolute Gasteiger partial charge is 0.163 e. The van der Waals surface area contributed by atoms with Crippen molar-refractivity contribution < 1.29 is 9.84 Å². The first-order valence-corrected chi connectivity index (χ1v) is 4.92. The van der Waals surface area contributed by atoms with E-state index in [2.05, 4.69) is 29.8 Å². The molecule has 0 spiro atoms. The number of ether oxygens (including phenoxy) is 1. The lowest BCUT2D eigenvalue weighted by Gasteiger charge is -2.13. The van der Waals surface area contributed by atoms with Crippen LogP contribution in [0.1, 0.15) is 25.3 Å². The second kappa shape index (κ2) is 4.01. The van der Waals surface area contributed by atoms with Crippen LogP contribution in [0.5, 0.6) is 11.5 Å². The maximum atomic E-state index is 9.57. The average Bonchev–Trinajstić information content (AvgIpc) is 2.02. The Hall–Kier alpha value is -0.700. The van der Waals surface area contributed by atoms with Gasteiger partial charge in [-0.2, -0.15) is 0 Å². The van der Waals surface area contributed by atoms with E-state index in [1.807, 2.05) is 6.07 Å². The molecule has 0 atom stereocenters. The van der Waals surface area contributed by atoms with E-state index < -0.39 is 0 Å². The van der Waals surface area contributed by atoms with E-state index >= 15 is 0 Å². The van der Waals surface area contributed by atoms with Gasteiger partial charge in [-0.05, 0) is 18.1 Å². The van der Waals surface area contributed by atoms with Gasteiger partial charge < -0.3 is 9.84 Å². The van der Waals surface area contributed by atoms with Crippen molar-refractivity contribution in [1.29, 1.82) is 0 Å². The fourth-order valence-corrected chi connectivity index (χ4v) is 1.71. The molecule has 0 aromatic heterocycles. The van der Waals surface area contributed by atoms with Crippen LogP contribution in [-0.2, 0) is 0 Å². The summed E-state index contributed by atoms with van der Waals surface area (Å²) in [6.07, 6.45) is 0. The van der Waals surface area contributed by atoms with Crippen LogP contribution in [0.4, 0.5) is 0 Å². The molecule has 0 aliphatic heterocycles. The number of halogens is 1. The summed E-state index contributed by atoms with van der Waals surface area (Å²) >= 11 is 3.33. The third-order valence-electron chi connectivity index (χ3n) is 1.89. The Balaban J connectivity index is 3.29. The fourth-order valence-electron chi connectivity index (χ4n) is 1.25. The number of methoxy groups -OCH3 is 1. The maximum absolute atomic E-state index is 9.57. The minimum atomic E-state index is 0.181. The van der Waals surface area contributed by atoms with Crippen molar-refractivity contribution in [2.45, 2.75) is 19.8 Å². The Morgan fingerprint density at radius 3 is 2.46 bits per heavy atom. The lowest BCUT2D eigenvalue weighted by Crippen LogP contribution is -1.94. The highest BCUT2D eigenvalue weighted by molar-refractivity contribution is 9.10. The predicted molar refractivity (Wildman–Crippen MR) is 56.4 cm³/mol. The van der Waals surface area contributed by atoms with Crippen molar-refractivity contribution in [3.8, 4) is 11.5 Å². The van der Waals surface area contributed by atoms with Crippen molar-refractivity contribution in [3.05, 3.63) is 22.2 Å². The standard InChI is InChI=1S/C10H13BrO2/c1-6(2)8-4-7(11)5-9(12)10(8)13-3/h4-6,12H,1-3H3. The van der Waals surface area contributed by atoms with Crippen LogP contribution in [0, 0.1) is 0 Å². The maximum Gasteiger partial charge on any atom is 0.163 e. The lowest BCUT2D eigenvalue weighted by molar-refractivity contribution is 0.367. The van der Waals surface area contributed by atoms with Gasteiger partial charge in [-0.3, -0.25) is 0 Å². The topological polar surface area (TPSA) is 29.5 Å². The van der Waals surface area contributed by atoms with Gasteiger partial charge in [0, 0.05) is 10.0 Å². The third-order valence-corrected chi connectivity index (χ3v) is 2.35. The Bertz CT molecular complexity index is 308. The highest BCUT2D eigenvalue weighted by Gasteiger charge is 2.12. The molecular formula is C10H13BrO2. The van der Waals surface area contributed by atoms with E-state index in [-0.39, 0.29) is 5.75 Å². The van der Waals surface area contributed by atoms with Crippen molar-refractivity contribution >= 4 is 15.9 Å². The molecule has 0 aliphatic rings. The Morgan fingerprint density at radius 1 is 1.38 bits per heavy atom. The average molecular weight is 245 g/mol. The molecule has 2 nitrogen and oxygen atoms in total. The summed E-state index contributed by atoms with van der Waals surface area (Å²) in [5, 5.41) is 9.57. The molecule has 1 rings (SSSR count). The summed E-state index contributed by atoms with van der Waals surface area (Å²) in [7, 11) is 1.56. The molecule has 0 amide bonds. The van der Waals surface area contributed by atoms with Gasteiger partial charge in [-0.15, -0.1) is 0 Å². The largest absolute Gasteiger partial charge is 0.504 e. The predicted octanol–water partition coefficient (Wildman–Crippen LogP) is 3.29. The van der Waals surface area contributed by atoms with Gasteiger partial charge in [0.2, 0.25) is 0 Å². The molecule has 0 saturated carbocycles.